The fraction of sp³-hybridized carbons (Fsp3) is 0.286. The third-order valence-corrected chi connectivity index (χ3v) is 5.42. The van der Waals surface area contributed by atoms with Crippen LogP contribution < -0.4 is 4.90 Å². The van der Waals surface area contributed by atoms with E-state index in [0.29, 0.717) is 29.7 Å². The quantitative estimate of drug-likeness (QED) is 0.651. The van der Waals surface area contributed by atoms with Gasteiger partial charge in [-0.05, 0) is 50.1 Å². The van der Waals surface area contributed by atoms with Gasteiger partial charge in [-0.2, -0.15) is 4.98 Å². The molecule has 1 unspecified atom stereocenters. The number of carbonyl (C=O) groups excluding carboxylic acids is 1. The van der Waals surface area contributed by atoms with Gasteiger partial charge in [0, 0.05) is 29.2 Å². The van der Waals surface area contributed by atoms with E-state index in [1.807, 2.05) is 51.1 Å². The molecule has 1 amide bonds. The Kier molecular flexibility index (Phi) is 4.48. The molecule has 0 saturated carbocycles. The third-order valence-electron chi connectivity index (χ3n) is 5.02. The molecule has 27 heavy (non-hydrogen) atoms. The van der Waals surface area contributed by atoms with Gasteiger partial charge in [0.05, 0.1) is 5.92 Å². The molecule has 0 radical (unpaired) electrons. The van der Waals surface area contributed by atoms with Crippen molar-refractivity contribution < 1.29 is 9.32 Å². The molecule has 2 aromatic carbocycles. The van der Waals surface area contributed by atoms with E-state index in [1.165, 1.54) is 0 Å². The van der Waals surface area contributed by atoms with Crippen molar-refractivity contribution in [2.45, 2.75) is 33.1 Å². The van der Waals surface area contributed by atoms with Gasteiger partial charge in [0.1, 0.15) is 0 Å². The molecule has 0 N–H and O–H groups in total. The van der Waals surface area contributed by atoms with Gasteiger partial charge in [-0.15, -0.1) is 0 Å². The van der Waals surface area contributed by atoms with E-state index in [-0.39, 0.29) is 11.8 Å². The monoisotopic (exact) mass is 381 g/mol. The molecule has 5 nitrogen and oxygen atoms in total. The molecule has 0 aliphatic carbocycles. The van der Waals surface area contributed by atoms with Crippen LogP contribution in [0.15, 0.2) is 40.9 Å². The van der Waals surface area contributed by atoms with Crippen molar-refractivity contribution in [3.8, 4) is 11.4 Å². The lowest BCUT2D eigenvalue weighted by Crippen LogP contribution is -2.24. The number of anilines is 1. The van der Waals surface area contributed by atoms with E-state index in [4.69, 9.17) is 16.1 Å². The number of nitrogens with zero attached hydrogens (tertiary/aromatic N) is 3. The van der Waals surface area contributed by atoms with Crippen LogP contribution >= 0.6 is 11.6 Å². The highest BCUT2D eigenvalue weighted by Gasteiger charge is 2.35. The summed E-state index contributed by atoms with van der Waals surface area (Å²) in [7, 11) is 0. The smallest absolute Gasteiger partial charge is 0.232 e. The zero-order chi connectivity index (χ0) is 19.1. The molecule has 0 bridgehead atoms. The topological polar surface area (TPSA) is 59.2 Å². The molecular weight excluding hydrogens is 362 g/mol. The number of rotatable bonds is 3. The van der Waals surface area contributed by atoms with Gasteiger partial charge >= 0.3 is 0 Å². The van der Waals surface area contributed by atoms with Crippen LogP contribution in [0.5, 0.6) is 0 Å². The van der Waals surface area contributed by atoms with Gasteiger partial charge in [-0.3, -0.25) is 4.79 Å². The maximum Gasteiger partial charge on any atom is 0.232 e. The minimum atomic E-state index is -0.121. The molecule has 3 aromatic rings. The van der Waals surface area contributed by atoms with Gasteiger partial charge < -0.3 is 9.42 Å². The third kappa shape index (κ3) is 3.35. The lowest BCUT2D eigenvalue weighted by Gasteiger charge is -2.17. The number of halogens is 1. The van der Waals surface area contributed by atoms with Crippen LogP contribution in [-0.4, -0.2) is 22.6 Å². The van der Waals surface area contributed by atoms with Crippen molar-refractivity contribution in [3.63, 3.8) is 0 Å². The molecular formula is C21H20ClN3O2. The van der Waals surface area contributed by atoms with Crippen LogP contribution in [0.3, 0.4) is 0 Å². The number of aryl methyl sites for hydroxylation is 3. The molecule has 6 heteroatoms. The van der Waals surface area contributed by atoms with Crippen molar-refractivity contribution in [2.75, 3.05) is 11.4 Å². The highest BCUT2D eigenvalue weighted by molar-refractivity contribution is 6.31. The second kappa shape index (κ2) is 6.82. The summed E-state index contributed by atoms with van der Waals surface area (Å²) in [5, 5.41) is 4.80. The number of benzene rings is 2. The van der Waals surface area contributed by atoms with Crippen molar-refractivity contribution in [2.24, 2.45) is 0 Å². The summed E-state index contributed by atoms with van der Waals surface area (Å²) >= 11 is 6.21. The lowest BCUT2D eigenvalue weighted by atomic mass is 10.1. The first-order valence-corrected chi connectivity index (χ1v) is 9.28. The van der Waals surface area contributed by atoms with Crippen LogP contribution in [0, 0.1) is 20.8 Å². The maximum atomic E-state index is 12.5. The molecule has 1 aliphatic heterocycles. The number of aromatic nitrogens is 2. The molecule has 4 rings (SSSR count). The van der Waals surface area contributed by atoms with Crippen LogP contribution in [0.25, 0.3) is 11.4 Å². The largest absolute Gasteiger partial charge is 0.339 e. The minimum absolute atomic E-state index is 0.0337. The Labute approximate surface area is 163 Å². The number of amides is 1. The lowest BCUT2D eigenvalue weighted by molar-refractivity contribution is -0.117. The normalized spacial score (nSPS) is 17.0. The first kappa shape index (κ1) is 17.7. The zero-order valence-corrected chi connectivity index (χ0v) is 16.2. The Balaban J connectivity index is 1.58. The van der Waals surface area contributed by atoms with E-state index in [1.54, 1.807) is 4.90 Å². The van der Waals surface area contributed by atoms with E-state index < -0.39 is 0 Å². The van der Waals surface area contributed by atoms with Crippen molar-refractivity contribution >= 4 is 23.2 Å². The van der Waals surface area contributed by atoms with E-state index in [2.05, 4.69) is 16.2 Å². The SMILES string of the molecule is Cc1ccc(C)c(-c2noc(C3CC(=O)N(c4ccc(C)c(Cl)c4)C3)n2)c1. The average molecular weight is 382 g/mol. The number of carbonyl (C=O) groups is 1. The predicted molar refractivity (Wildman–Crippen MR) is 105 cm³/mol. The van der Waals surface area contributed by atoms with Crippen molar-refractivity contribution in [1.82, 2.24) is 10.1 Å². The van der Waals surface area contributed by atoms with Crippen LogP contribution in [-0.2, 0) is 4.79 Å². The van der Waals surface area contributed by atoms with Gasteiger partial charge in [0.15, 0.2) is 0 Å². The van der Waals surface area contributed by atoms with E-state index in [0.717, 1.165) is 27.9 Å². The summed E-state index contributed by atoms with van der Waals surface area (Å²) in [6.45, 7) is 6.50. The number of hydrogen-bond acceptors (Lipinski definition) is 4. The van der Waals surface area contributed by atoms with Gasteiger partial charge in [0.2, 0.25) is 17.6 Å². The molecule has 1 aliphatic rings. The van der Waals surface area contributed by atoms with E-state index >= 15 is 0 Å². The Hall–Kier alpha value is -2.66. The van der Waals surface area contributed by atoms with Crippen molar-refractivity contribution in [3.05, 3.63) is 64.0 Å². The Morgan fingerprint density at radius 2 is 1.89 bits per heavy atom. The Bertz CT molecular complexity index is 1030. The molecule has 1 saturated heterocycles. The van der Waals surface area contributed by atoms with Crippen LogP contribution in [0.4, 0.5) is 5.69 Å². The summed E-state index contributed by atoms with van der Waals surface area (Å²) < 4.78 is 5.51. The average Bonchev–Trinajstić information content (AvgIpc) is 3.26. The van der Waals surface area contributed by atoms with E-state index in [9.17, 15) is 4.79 Å². The molecule has 0 spiro atoms. The van der Waals surface area contributed by atoms with Gasteiger partial charge in [-0.1, -0.05) is 40.5 Å². The maximum absolute atomic E-state index is 12.5. The highest BCUT2D eigenvalue weighted by atomic mass is 35.5. The fourth-order valence-corrected chi connectivity index (χ4v) is 3.53. The summed E-state index contributed by atoms with van der Waals surface area (Å²) in [6, 6.07) is 11.8. The Morgan fingerprint density at radius 3 is 2.67 bits per heavy atom. The zero-order valence-electron chi connectivity index (χ0n) is 15.5. The summed E-state index contributed by atoms with van der Waals surface area (Å²) in [4.78, 5) is 18.8. The first-order valence-electron chi connectivity index (χ1n) is 8.90. The van der Waals surface area contributed by atoms with Crippen LogP contribution in [0.1, 0.15) is 34.9 Å². The molecule has 1 fully saturated rings. The molecule has 1 atom stereocenters. The van der Waals surface area contributed by atoms with Gasteiger partial charge in [0.25, 0.3) is 0 Å². The Morgan fingerprint density at radius 1 is 1.11 bits per heavy atom. The first-order chi connectivity index (χ1) is 12.9. The summed E-state index contributed by atoms with van der Waals surface area (Å²) in [6.07, 6.45) is 0.347. The second-order valence-corrected chi connectivity index (χ2v) is 7.52. The van der Waals surface area contributed by atoms with Gasteiger partial charge in [-0.25, -0.2) is 0 Å². The summed E-state index contributed by atoms with van der Waals surface area (Å²) in [5.74, 6) is 0.978. The molecule has 2 heterocycles. The van der Waals surface area contributed by atoms with Crippen molar-refractivity contribution in [1.29, 1.82) is 0 Å². The predicted octanol–water partition coefficient (Wildman–Crippen LogP) is 4.84. The second-order valence-electron chi connectivity index (χ2n) is 7.11. The van der Waals surface area contributed by atoms with Crippen LogP contribution in [0.2, 0.25) is 5.02 Å². The highest BCUT2D eigenvalue weighted by Crippen LogP contribution is 2.34. The fourth-order valence-electron chi connectivity index (χ4n) is 3.36. The molecule has 1 aromatic heterocycles. The minimum Gasteiger partial charge on any atom is -0.339 e. The molecule has 138 valence electrons. The number of hydrogen-bond donors (Lipinski definition) is 0. The summed E-state index contributed by atoms with van der Waals surface area (Å²) in [5.41, 5.74) is 4.97. The standard InChI is InChI=1S/C21H20ClN3O2/c1-12-4-5-13(2)17(8-12)20-23-21(27-24-20)15-9-19(26)25(11-15)16-7-6-14(3)18(22)10-16/h4-8,10,15H,9,11H2,1-3H3.